The summed E-state index contributed by atoms with van der Waals surface area (Å²) >= 11 is 0. The molecule has 1 aromatic rings. The maximum absolute atomic E-state index is 13.7. The number of amides is 4. The molecule has 2 heterocycles. The number of rotatable bonds is 4. The van der Waals surface area contributed by atoms with Gasteiger partial charge in [-0.05, 0) is 61.8 Å². The van der Waals surface area contributed by atoms with E-state index in [0.29, 0.717) is 38.9 Å². The van der Waals surface area contributed by atoms with Crippen molar-refractivity contribution in [3.05, 3.63) is 35.1 Å². The molecule has 9 heteroatoms. The number of carbonyl (C=O) groups excluding carboxylic acids is 3. The van der Waals surface area contributed by atoms with Crippen molar-refractivity contribution >= 4 is 30.3 Å². The monoisotopic (exact) mass is 425 g/mol. The van der Waals surface area contributed by atoms with Crippen LogP contribution in [0.15, 0.2) is 18.2 Å². The minimum absolute atomic E-state index is 0. The molecule has 158 valence electrons. The van der Waals surface area contributed by atoms with Crippen LogP contribution in [0.3, 0.4) is 0 Å². The number of hydrogen-bond donors (Lipinski definition) is 2. The Bertz CT molecular complexity index is 830. The molecular weight excluding hydrogens is 401 g/mol. The SMILES string of the molecule is Cl.N[C@]1(CCC2C(=O)NC(=O)N(C3CCOCC3)C2=O)CCc2ccc(F)cc21. The number of benzene rings is 1. The predicted octanol–water partition coefficient (Wildman–Crippen LogP) is 2.00. The van der Waals surface area contributed by atoms with E-state index in [9.17, 15) is 18.8 Å². The maximum Gasteiger partial charge on any atom is 0.331 e. The third-order valence-corrected chi connectivity index (χ3v) is 6.18. The van der Waals surface area contributed by atoms with Gasteiger partial charge in [-0.1, -0.05) is 6.07 Å². The molecule has 2 saturated heterocycles. The molecule has 0 spiro atoms. The van der Waals surface area contributed by atoms with E-state index in [1.54, 1.807) is 6.07 Å². The van der Waals surface area contributed by atoms with E-state index in [-0.39, 0.29) is 30.7 Å². The first-order valence-corrected chi connectivity index (χ1v) is 9.72. The third-order valence-electron chi connectivity index (χ3n) is 6.18. The van der Waals surface area contributed by atoms with Crippen LogP contribution in [-0.2, 0) is 26.3 Å². The van der Waals surface area contributed by atoms with E-state index in [0.717, 1.165) is 17.5 Å². The third kappa shape index (κ3) is 4.01. The molecule has 29 heavy (non-hydrogen) atoms. The van der Waals surface area contributed by atoms with Gasteiger partial charge in [0, 0.05) is 24.8 Å². The average Bonchev–Trinajstić information content (AvgIpc) is 2.99. The van der Waals surface area contributed by atoms with Gasteiger partial charge in [-0.15, -0.1) is 12.4 Å². The number of imide groups is 2. The van der Waals surface area contributed by atoms with Crippen LogP contribution in [0.1, 0.15) is 43.2 Å². The van der Waals surface area contributed by atoms with E-state index >= 15 is 0 Å². The van der Waals surface area contributed by atoms with Crippen LogP contribution in [0.25, 0.3) is 0 Å². The molecule has 2 atom stereocenters. The molecule has 2 fully saturated rings. The van der Waals surface area contributed by atoms with Crippen molar-refractivity contribution in [3.63, 3.8) is 0 Å². The second kappa shape index (κ2) is 8.38. The number of nitrogens with one attached hydrogen (secondary N) is 1. The van der Waals surface area contributed by atoms with Crippen LogP contribution in [0.5, 0.6) is 0 Å². The van der Waals surface area contributed by atoms with Gasteiger partial charge < -0.3 is 10.5 Å². The predicted molar refractivity (Wildman–Crippen MR) is 105 cm³/mol. The second-order valence-electron chi connectivity index (χ2n) is 7.90. The molecule has 0 bridgehead atoms. The van der Waals surface area contributed by atoms with Gasteiger partial charge in [0.05, 0.1) is 0 Å². The lowest BCUT2D eigenvalue weighted by Crippen LogP contribution is -2.61. The van der Waals surface area contributed by atoms with Crippen molar-refractivity contribution in [2.75, 3.05) is 13.2 Å². The highest BCUT2D eigenvalue weighted by Gasteiger charge is 2.45. The van der Waals surface area contributed by atoms with Crippen LogP contribution in [-0.4, -0.2) is 42.0 Å². The van der Waals surface area contributed by atoms with Crippen molar-refractivity contribution in [2.45, 2.75) is 50.1 Å². The number of aryl methyl sites for hydroxylation is 1. The summed E-state index contributed by atoms with van der Waals surface area (Å²) in [6, 6.07) is 3.69. The average molecular weight is 426 g/mol. The number of nitrogens with two attached hydrogens (primary N) is 1. The number of halogens is 2. The molecule has 1 aliphatic carbocycles. The number of urea groups is 1. The molecule has 7 nitrogen and oxygen atoms in total. The quantitative estimate of drug-likeness (QED) is 0.718. The Balaban J connectivity index is 0.00000240. The molecule has 0 saturated carbocycles. The van der Waals surface area contributed by atoms with Crippen LogP contribution in [0.4, 0.5) is 9.18 Å². The summed E-state index contributed by atoms with van der Waals surface area (Å²) in [7, 11) is 0. The van der Waals surface area contributed by atoms with E-state index in [4.69, 9.17) is 10.5 Å². The summed E-state index contributed by atoms with van der Waals surface area (Å²) in [5.74, 6) is -2.36. The lowest BCUT2D eigenvalue weighted by Gasteiger charge is -2.38. The highest BCUT2D eigenvalue weighted by atomic mass is 35.5. The van der Waals surface area contributed by atoms with Crippen LogP contribution < -0.4 is 11.1 Å². The Morgan fingerprint density at radius 3 is 2.69 bits per heavy atom. The van der Waals surface area contributed by atoms with Gasteiger partial charge in [-0.3, -0.25) is 19.8 Å². The number of fused-ring (bicyclic) bond motifs is 1. The molecule has 3 aliphatic rings. The number of ether oxygens (including phenoxy) is 1. The molecule has 0 radical (unpaired) electrons. The largest absolute Gasteiger partial charge is 0.381 e. The Kier molecular flexibility index (Phi) is 6.26. The minimum Gasteiger partial charge on any atom is -0.381 e. The van der Waals surface area contributed by atoms with Crippen molar-refractivity contribution in [3.8, 4) is 0 Å². The number of nitrogens with zero attached hydrogens (tertiary/aromatic N) is 1. The van der Waals surface area contributed by atoms with E-state index in [1.165, 1.54) is 17.0 Å². The minimum atomic E-state index is -0.960. The summed E-state index contributed by atoms with van der Waals surface area (Å²) < 4.78 is 19.0. The first kappa shape index (κ1) is 21.7. The Morgan fingerprint density at radius 1 is 1.24 bits per heavy atom. The zero-order chi connectivity index (χ0) is 19.9. The molecule has 0 aromatic heterocycles. The van der Waals surface area contributed by atoms with Gasteiger partial charge in [0.25, 0.3) is 0 Å². The van der Waals surface area contributed by atoms with E-state index < -0.39 is 29.3 Å². The lowest BCUT2D eigenvalue weighted by molar-refractivity contribution is -0.145. The standard InChI is InChI=1S/C20H24FN3O4.ClH/c21-13-2-1-12-3-7-20(22,16(12)11-13)8-4-15-17(25)23-19(27)24(18(15)26)14-5-9-28-10-6-14;/h1-2,11,14-15H,3-10,22H2,(H,23,25,27);1H/t15?,20-;/m0./s1. The first-order valence-electron chi connectivity index (χ1n) is 9.72. The maximum atomic E-state index is 13.7. The summed E-state index contributed by atoms with van der Waals surface area (Å²) in [6.07, 6.45) is 3.08. The molecule has 1 unspecified atom stereocenters. The normalized spacial score (nSPS) is 27.4. The molecule has 1 aromatic carbocycles. The van der Waals surface area contributed by atoms with Crippen LogP contribution in [0.2, 0.25) is 0 Å². The molecule has 4 rings (SSSR count). The van der Waals surface area contributed by atoms with Crippen molar-refractivity contribution in [2.24, 2.45) is 11.7 Å². The lowest BCUT2D eigenvalue weighted by atomic mass is 9.84. The summed E-state index contributed by atoms with van der Waals surface area (Å²) in [4.78, 5) is 38.7. The zero-order valence-corrected chi connectivity index (χ0v) is 16.8. The summed E-state index contributed by atoms with van der Waals surface area (Å²) in [6.45, 7) is 0.962. The van der Waals surface area contributed by atoms with Gasteiger partial charge in [0.15, 0.2) is 0 Å². The Labute approximate surface area is 174 Å². The Hall–Kier alpha value is -2.03. The second-order valence-corrected chi connectivity index (χ2v) is 7.90. The number of carbonyl (C=O) groups is 3. The highest BCUT2D eigenvalue weighted by Crippen LogP contribution is 2.39. The fraction of sp³-hybridized carbons (Fsp3) is 0.550. The van der Waals surface area contributed by atoms with Crippen molar-refractivity contribution in [1.29, 1.82) is 0 Å². The first-order chi connectivity index (χ1) is 13.4. The zero-order valence-electron chi connectivity index (χ0n) is 16.0. The van der Waals surface area contributed by atoms with Crippen LogP contribution in [0, 0.1) is 11.7 Å². The van der Waals surface area contributed by atoms with Gasteiger partial charge in [0.1, 0.15) is 11.7 Å². The molecule has 2 aliphatic heterocycles. The highest BCUT2D eigenvalue weighted by molar-refractivity contribution is 6.16. The van der Waals surface area contributed by atoms with Crippen molar-refractivity contribution < 1.29 is 23.5 Å². The van der Waals surface area contributed by atoms with E-state index in [2.05, 4.69) is 5.32 Å². The fourth-order valence-corrected chi connectivity index (χ4v) is 4.56. The topological polar surface area (TPSA) is 102 Å². The molecular formula is C20H25ClFN3O4. The van der Waals surface area contributed by atoms with E-state index in [1.807, 2.05) is 0 Å². The van der Waals surface area contributed by atoms with Gasteiger partial charge >= 0.3 is 6.03 Å². The van der Waals surface area contributed by atoms with Gasteiger partial charge in [-0.25, -0.2) is 9.18 Å². The molecule has 4 amide bonds. The van der Waals surface area contributed by atoms with Gasteiger partial charge in [0.2, 0.25) is 11.8 Å². The molecule has 3 N–H and O–H groups in total. The fourth-order valence-electron chi connectivity index (χ4n) is 4.56. The van der Waals surface area contributed by atoms with Gasteiger partial charge in [-0.2, -0.15) is 0 Å². The number of barbiturate groups is 1. The summed E-state index contributed by atoms with van der Waals surface area (Å²) in [5, 5.41) is 2.31. The van der Waals surface area contributed by atoms with Crippen LogP contribution >= 0.6 is 12.4 Å². The smallest absolute Gasteiger partial charge is 0.331 e. The number of hydrogen-bond acceptors (Lipinski definition) is 5. The Morgan fingerprint density at radius 2 is 1.97 bits per heavy atom. The summed E-state index contributed by atoms with van der Waals surface area (Å²) in [5.41, 5.74) is 7.52. The van der Waals surface area contributed by atoms with Crippen molar-refractivity contribution in [1.82, 2.24) is 10.2 Å².